The average molecular weight is 531 g/mol. The smallest absolute Gasteiger partial charge is 0.309 e. The Kier molecular flexibility index (Phi) is 13.0. The van der Waals surface area contributed by atoms with E-state index in [1.165, 1.54) is 37.7 Å². The van der Waals surface area contributed by atoms with E-state index in [0.717, 1.165) is 54.5 Å². The molecule has 3 aromatic rings. The number of nitrogens with zero attached hydrogens (tertiary/aromatic N) is 2. The van der Waals surface area contributed by atoms with E-state index < -0.39 is 0 Å². The van der Waals surface area contributed by atoms with Gasteiger partial charge in [0.05, 0.1) is 5.92 Å². The maximum absolute atomic E-state index is 12.3. The molecule has 1 heterocycles. The summed E-state index contributed by atoms with van der Waals surface area (Å²) in [6.07, 6.45) is 15.3. The van der Waals surface area contributed by atoms with Crippen LogP contribution in [0.3, 0.4) is 0 Å². The summed E-state index contributed by atoms with van der Waals surface area (Å²) < 4.78 is 11.4. The SMILES string of the molecule is CCCCCCCc1ccc(-c2cnc(-c3ccc(OCC(C)OC(=O)C(C)CCCCC)cc3)nc2)cc1. The summed E-state index contributed by atoms with van der Waals surface area (Å²) >= 11 is 0. The van der Waals surface area contributed by atoms with E-state index in [2.05, 4.69) is 48.1 Å². The Balaban J connectivity index is 1.46. The highest BCUT2D eigenvalue weighted by Crippen LogP contribution is 2.23. The molecule has 0 aliphatic rings. The topological polar surface area (TPSA) is 61.3 Å². The molecule has 0 saturated carbocycles. The molecule has 210 valence electrons. The van der Waals surface area contributed by atoms with Crippen LogP contribution in [0.25, 0.3) is 22.5 Å². The van der Waals surface area contributed by atoms with Crippen molar-refractivity contribution in [3.63, 3.8) is 0 Å². The van der Waals surface area contributed by atoms with Gasteiger partial charge >= 0.3 is 5.97 Å². The number of rotatable bonds is 17. The predicted molar refractivity (Wildman–Crippen MR) is 160 cm³/mol. The summed E-state index contributed by atoms with van der Waals surface area (Å²) in [4.78, 5) is 21.5. The van der Waals surface area contributed by atoms with Crippen LogP contribution in [0.2, 0.25) is 0 Å². The molecule has 39 heavy (non-hydrogen) atoms. The number of benzene rings is 2. The lowest BCUT2D eigenvalue weighted by molar-refractivity contribution is -0.154. The largest absolute Gasteiger partial charge is 0.490 e. The second kappa shape index (κ2) is 16.7. The molecule has 0 spiro atoms. The van der Waals surface area contributed by atoms with E-state index >= 15 is 0 Å². The van der Waals surface area contributed by atoms with Gasteiger partial charge in [0.25, 0.3) is 0 Å². The maximum atomic E-state index is 12.3. The Labute approximate surface area is 235 Å². The molecule has 0 bridgehead atoms. The third-order valence-electron chi connectivity index (χ3n) is 7.07. The molecule has 2 unspecified atom stereocenters. The molecule has 0 N–H and O–H groups in total. The van der Waals surface area contributed by atoms with Crippen LogP contribution in [0.4, 0.5) is 0 Å². The zero-order valence-electron chi connectivity index (χ0n) is 24.3. The van der Waals surface area contributed by atoms with Crippen LogP contribution in [0.15, 0.2) is 60.9 Å². The normalized spacial score (nSPS) is 12.6. The predicted octanol–water partition coefficient (Wildman–Crippen LogP) is 8.85. The molecule has 1 aromatic heterocycles. The molecular formula is C34H46N2O3. The van der Waals surface area contributed by atoms with Gasteiger partial charge in [-0.3, -0.25) is 4.79 Å². The van der Waals surface area contributed by atoms with E-state index in [-0.39, 0.29) is 18.0 Å². The molecule has 2 aromatic carbocycles. The van der Waals surface area contributed by atoms with Crippen molar-refractivity contribution in [3.05, 3.63) is 66.5 Å². The van der Waals surface area contributed by atoms with Crippen molar-refractivity contribution in [3.8, 4) is 28.3 Å². The number of hydrogen-bond acceptors (Lipinski definition) is 5. The minimum absolute atomic E-state index is 0.0749. The quantitative estimate of drug-likeness (QED) is 0.129. The van der Waals surface area contributed by atoms with Gasteiger partial charge in [0, 0.05) is 23.5 Å². The number of carbonyl (C=O) groups excluding carboxylic acids is 1. The summed E-state index contributed by atoms with van der Waals surface area (Å²) in [6, 6.07) is 16.5. The van der Waals surface area contributed by atoms with Gasteiger partial charge in [0.15, 0.2) is 5.82 Å². The second-order valence-electron chi connectivity index (χ2n) is 10.6. The Morgan fingerprint density at radius 3 is 2.03 bits per heavy atom. The van der Waals surface area contributed by atoms with Crippen molar-refractivity contribution < 1.29 is 14.3 Å². The van der Waals surface area contributed by atoms with Gasteiger partial charge in [-0.05, 0) is 61.6 Å². The molecule has 0 amide bonds. The number of esters is 1. The first-order chi connectivity index (χ1) is 19.0. The van der Waals surface area contributed by atoms with Crippen LogP contribution in [-0.2, 0) is 16.0 Å². The summed E-state index contributed by atoms with van der Waals surface area (Å²) in [5, 5.41) is 0. The molecule has 0 aliphatic heterocycles. The van der Waals surface area contributed by atoms with Gasteiger partial charge in [-0.2, -0.15) is 0 Å². The van der Waals surface area contributed by atoms with Gasteiger partial charge < -0.3 is 9.47 Å². The van der Waals surface area contributed by atoms with Crippen LogP contribution in [-0.4, -0.2) is 28.6 Å². The van der Waals surface area contributed by atoms with E-state index in [9.17, 15) is 4.79 Å². The minimum Gasteiger partial charge on any atom is -0.490 e. The van der Waals surface area contributed by atoms with Crippen molar-refractivity contribution in [2.75, 3.05) is 6.61 Å². The molecule has 5 heteroatoms. The number of aromatic nitrogens is 2. The van der Waals surface area contributed by atoms with Gasteiger partial charge in [0.2, 0.25) is 0 Å². The maximum Gasteiger partial charge on any atom is 0.309 e. The van der Waals surface area contributed by atoms with Crippen LogP contribution < -0.4 is 4.74 Å². The molecule has 3 rings (SSSR count). The average Bonchev–Trinajstić information content (AvgIpc) is 2.97. The Morgan fingerprint density at radius 1 is 0.744 bits per heavy atom. The second-order valence-corrected chi connectivity index (χ2v) is 10.6. The van der Waals surface area contributed by atoms with Crippen LogP contribution in [0.5, 0.6) is 5.75 Å². The summed E-state index contributed by atoms with van der Waals surface area (Å²) in [7, 11) is 0. The van der Waals surface area contributed by atoms with Crippen molar-refractivity contribution in [1.82, 2.24) is 9.97 Å². The first kappa shape index (κ1) is 30.3. The zero-order chi connectivity index (χ0) is 27.9. The lowest BCUT2D eigenvalue weighted by atomic mass is 10.0. The fraction of sp³-hybridized carbons (Fsp3) is 0.500. The molecule has 0 fully saturated rings. The van der Waals surface area contributed by atoms with Gasteiger partial charge in [0.1, 0.15) is 18.5 Å². The fourth-order valence-corrected chi connectivity index (χ4v) is 4.50. The van der Waals surface area contributed by atoms with E-state index in [0.29, 0.717) is 12.4 Å². The van der Waals surface area contributed by atoms with E-state index in [1.807, 2.05) is 50.5 Å². The van der Waals surface area contributed by atoms with Crippen LogP contribution in [0.1, 0.15) is 91.0 Å². The number of ether oxygens (including phenoxy) is 2. The van der Waals surface area contributed by atoms with Gasteiger partial charge in [-0.25, -0.2) is 9.97 Å². The van der Waals surface area contributed by atoms with E-state index in [1.54, 1.807) is 0 Å². The molecule has 0 saturated heterocycles. The van der Waals surface area contributed by atoms with Gasteiger partial charge in [-0.15, -0.1) is 0 Å². The van der Waals surface area contributed by atoms with Crippen molar-refractivity contribution in [2.45, 2.75) is 98.0 Å². The van der Waals surface area contributed by atoms with E-state index in [4.69, 9.17) is 9.47 Å². The Bertz CT molecular complexity index is 1090. The standard InChI is InChI=1S/C34H46N2O3/c1-5-7-9-10-12-14-28-15-17-29(18-16-28)31-23-35-33(36-24-31)30-19-21-32(22-20-30)38-25-27(4)39-34(37)26(3)13-11-8-6-2/h15-24,26-27H,5-14,25H2,1-4H3. The minimum atomic E-state index is -0.304. The van der Waals surface area contributed by atoms with Crippen molar-refractivity contribution >= 4 is 5.97 Å². The summed E-state index contributed by atoms with van der Waals surface area (Å²) in [5.41, 5.74) is 4.45. The number of aryl methyl sites for hydroxylation is 1. The monoisotopic (exact) mass is 530 g/mol. The van der Waals surface area contributed by atoms with Gasteiger partial charge in [-0.1, -0.05) is 90.0 Å². The third kappa shape index (κ3) is 10.5. The molecule has 0 radical (unpaired) electrons. The van der Waals surface area contributed by atoms with Crippen LogP contribution in [0, 0.1) is 5.92 Å². The third-order valence-corrected chi connectivity index (χ3v) is 7.07. The molecule has 2 atom stereocenters. The van der Waals surface area contributed by atoms with Crippen molar-refractivity contribution in [2.24, 2.45) is 5.92 Å². The lowest BCUT2D eigenvalue weighted by Crippen LogP contribution is -2.25. The lowest BCUT2D eigenvalue weighted by Gasteiger charge is -2.17. The highest BCUT2D eigenvalue weighted by atomic mass is 16.6. The number of hydrogen-bond donors (Lipinski definition) is 0. The molecule has 5 nitrogen and oxygen atoms in total. The summed E-state index contributed by atoms with van der Waals surface area (Å²) in [6.45, 7) is 8.53. The zero-order valence-corrected chi connectivity index (χ0v) is 24.3. The van der Waals surface area contributed by atoms with Crippen molar-refractivity contribution in [1.29, 1.82) is 0 Å². The highest BCUT2D eigenvalue weighted by Gasteiger charge is 2.17. The van der Waals surface area contributed by atoms with Crippen LogP contribution >= 0.6 is 0 Å². The molecular weight excluding hydrogens is 484 g/mol. The molecule has 0 aliphatic carbocycles. The highest BCUT2D eigenvalue weighted by molar-refractivity contribution is 5.72. The first-order valence-electron chi connectivity index (χ1n) is 14.8. The Morgan fingerprint density at radius 2 is 1.36 bits per heavy atom. The summed E-state index contributed by atoms with van der Waals surface area (Å²) in [5.74, 6) is 1.18. The Hall–Kier alpha value is -3.21. The first-order valence-corrected chi connectivity index (χ1v) is 14.8. The number of unbranched alkanes of at least 4 members (excludes halogenated alkanes) is 6. The fourth-order valence-electron chi connectivity index (χ4n) is 4.50. The number of carbonyl (C=O) groups is 1.